The molecule has 2 unspecified atom stereocenters. The fourth-order valence-electron chi connectivity index (χ4n) is 5.25. The summed E-state index contributed by atoms with van der Waals surface area (Å²) >= 11 is 6.26. The number of hydrogen-bond donors (Lipinski definition) is 3. The molecule has 0 heterocycles. The first-order chi connectivity index (χ1) is 17.3. The van der Waals surface area contributed by atoms with Gasteiger partial charge in [-0.15, -0.1) is 0 Å². The quantitative estimate of drug-likeness (QED) is 0.287. The fourth-order valence-corrected chi connectivity index (χ4v) is 5.51. The fraction of sp³-hybridized carbons (Fsp3) is 0.481. The van der Waals surface area contributed by atoms with Crippen LogP contribution in [0.25, 0.3) is 0 Å². The molecular weight excluding hydrogens is 509 g/mol. The first-order valence-corrected chi connectivity index (χ1v) is 12.6. The number of carboxylic acids is 1. The van der Waals surface area contributed by atoms with Crippen LogP contribution in [0.1, 0.15) is 74.2 Å². The van der Waals surface area contributed by atoms with Crippen molar-refractivity contribution >= 4 is 35.5 Å². The van der Waals surface area contributed by atoms with Crippen LogP contribution in [-0.4, -0.2) is 35.2 Å². The number of aliphatic carboxylic acids is 1. The van der Waals surface area contributed by atoms with Crippen molar-refractivity contribution < 1.29 is 32.7 Å². The van der Waals surface area contributed by atoms with Crippen molar-refractivity contribution in [3.63, 3.8) is 0 Å². The molecule has 0 aliphatic heterocycles. The Labute approximate surface area is 217 Å². The number of benzene rings is 1. The molecule has 1 aromatic rings. The molecule has 2 atom stereocenters. The molecule has 1 saturated carbocycles. The minimum atomic E-state index is -4.54. The van der Waals surface area contributed by atoms with Gasteiger partial charge in [0.2, 0.25) is 0 Å². The zero-order chi connectivity index (χ0) is 27.2. The highest BCUT2D eigenvalue weighted by atomic mass is 35.5. The predicted octanol–water partition coefficient (Wildman–Crippen LogP) is 6.14. The number of carbonyl (C=O) groups excluding carboxylic acids is 2. The third-order valence-electron chi connectivity index (χ3n) is 7.99. The normalized spacial score (nSPS) is 25.2. The van der Waals surface area contributed by atoms with Gasteiger partial charge in [0, 0.05) is 11.6 Å². The molecule has 3 aliphatic carbocycles. The van der Waals surface area contributed by atoms with Crippen LogP contribution in [0.2, 0.25) is 5.02 Å². The van der Waals surface area contributed by atoms with Crippen molar-refractivity contribution in [2.24, 2.45) is 11.3 Å². The third-order valence-corrected chi connectivity index (χ3v) is 8.30. The van der Waals surface area contributed by atoms with Crippen molar-refractivity contribution in [3.05, 3.63) is 57.3 Å². The maximum absolute atomic E-state index is 13.9. The summed E-state index contributed by atoms with van der Waals surface area (Å²) in [5.74, 6) is -2.12. The van der Waals surface area contributed by atoms with E-state index < -0.39 is 34.8 Å². The number of amides is 1. The van der Waals surface area contributed by atoms with Gasteiger partial charge in [0.1, 0.15) is 6.29 Å². The van der Waals surface area contributed by atoms with Gasteiger partial charge in [0.25, 0.3) is 5.91 Å². The maximum atomic E-state index is 13.9. The van der Waals surface area contributed by atoms with E-state index in [0.29, 0.717) is 42.5 Å². The second-order valence-electron chi connectivity index (χ2n) is 10.5. The Morgan fingerprint density at radius 1 is 1.22 bits per heavy atom. The predicted molar refractivity (Wildman–Crippen MR) is 132 cm³/mol. The molecule has 0 spiro atoms. The number of allylic oxidation sites excluding steroid dienone is 4. The summed E-state index contributed by atoms with van der Waals surface area (Å²) in [5, 5.41) is 20.9. The van der Waals surface area contributed by atoms with Gasteiger partial charge in [-0.3, -0.25) is 9.59 Å². The molecule has 6 nitrogen and oxygen atoms in total. The zero-order valence-electron chi connectivity index (χ0n) is 20.3. The monoisotopic (exact) mass is 536 g/mol. The van der Waals surface area contributed by atoms with Gasteiger partial charge < -0.3 is 20.6 Å². The minimum absolute atomic E-state index is 0.103. The lowest BCUT2D eigenvalue weighted by Gasteiger charge is -2.31. The number of aldehydes is 1. The van der Waals surface area contributed by atoms with Crippen LogP contribution in [0.15, 0.2) is 41.1 Å². The molecule has 0 bridgehead atoms. The Kier molecular flexibility index (Phi) is 7.14. The number of carboxylic acid groups (broad SMARTS) is 1. The first kappa shape index (κ1) is 27.1. The Balaban J connectivity index is 1.68. The second kappa shape index (κ2) is 9.74. The van der Waals surface area contributed by atoms with Crippen LogP contribution in [0.5, 0.6) is 0 Å². The molecule has 37 heavy (non-hydrogen) atoms. The van der Waals surface area contributed by atoms with Crippen LogP contribution in [0.4, 0.5) is 13.2 Å². The number of alkyl halides is 3. The summed E-state index contributed by atoms with van der Waals surface area (Å²) in [6, 6.07) is 4.04. The van der Waals surface area contributed by atoms with Crippen LogP contribution in [0.3, 0.4) is 0 Å². The highest BCUT2D eigenvalue weighted by molar-refractivity contribution is 6.34. The molecule has 1 aromatic carbocycles. The van der Waals surface area contributed by atoms with E-state index >= 15 is 0 Å². The summed E-state index contributed by atoms with van der Waals surface area (Å²) in [6.07, 6.45) is -0.395. The first-order valence-electron chi connectivity index (χ1n) is 12.2. The van der Waals surface area contributed by atoms with Gasteiger partial charge in [-0.1, -0.05) is 29.8 Å². The van der Waals surface area contributed by atoms with Crippen LogP contribution in [-0.2, 0) is 15.0 Å². The molecule has 0 radical (unpaired) electrons. The average molecular weight is 537 g/mol. The molecule has 0 saturated heterocycles. The average Bonchev–Trinajstić information content (AvgIpc) is 3.66. The van der Waals surface area contributed by atoms with Crippen molar-refractivity contribution in [1.29, 1.82) is 5.41 Å². The Bertz CT molecular complexity index is 1230. The molecule has 198 valence electrons. The zero-order valence-corrected chi connectivity index (χ0v) is 21.1. The van der Waals surface area contributed by atoms with Crippen LogP contribution < -0.4 is 5.32 Å². The largest absolute Gasteiger partial charge is 0.481 e. The van der Waals surface area contributed by atoms with E-state index in [4.69, 9.17) is 17.0 Å². The molecule has 3 N–H and O–H groups in total. The summed E-state index contributed by atoms with van der Waals surface area (Å²) in [6.45, 7) is 1.65. The topological polar surface area (TPSA) is 107 Å². The highest BCUT2D eigenvalue weighted by Crippen LogP contribution is 2.60. The highest BCUT2D eigenvalue weighted by Gasteiger charge is 2.65. The lowest BCUT2D eigenvalue weighted by atomic mass is 9.74. The van der Waals surface area contributed by atoms with E-state index in [0.717, 1.165) is 6.29 Å². The number of nitrogens with one attached hydrogen (secondary N) is 2. The summed E-state index contributed by atoms with van der Waals surface area (Å²) in [4.78, 5) is 36.5. The second-order valence-corrected chi connectivity index (χ2v) is 10.9. The van der Waals surface area contributed by atoms with E-state index in [1.165, 1.54) is 18.2 Å². The van der Waals surface area contributed by atoms with E-state index in [9.17, 15) is 32.7 Å². The Morgan fingerprint density at radius 2 is 1.92 bits per heavy atom. The summed E-state index contributed by atoms with van der Waals surface area (Å²) in [5.41, 5.74) is -1.83. The summed E-state index contributed by atoms with van der Waals surface area (Å²) < 4.78 is 41.7. The van der Waals surface area contributed by atoms with Crippen molar-refractivity contribution in [3.8, 4) is 0 Å². The Morgan fingerprint density at radius 3 is 2.46 bits per heavy atom. The molecule has 3 aliphatic rings. The van der Waals surface area contributed by atoms with E-state index in [-0.39, 0.29) is 47.5 Å². The molecule has 1 fully saturated rings. The lowest BCUT2D eigenvalue weighted by Crippen LogP contribution is -2.35. The van der Waals surface area contributed by atoms with E-state index in [2.05, 4.69) is 5.32 Å². The lowest BCUT2D eigenvalue weighted by molar-refractivity contribution is -0.160. The van der Waals surface area contributed by atoms with Crippen LogP contribution in [0, 0.1) is 16.7 Å². The third kappa shape index (κ3) is 4.98. The van der Waals surface area contributed by atoms with Gasteiger partial charge in [-0.2, -0.15) is 13.2 Å². The SMILES string of the molecule is CC1(C(=O)O)CC=C(C(=N)C2=C(NC(=O)c3c(Cl)cccc3C3(C(F)(F)F)CC3)CC(C=O)CC2)CC1. The number of hydrogen-bond acceptors (Lipinski definition) is 4. The van der Waals surface area contributed by atoms with Crippen molar-refractivity contribution in [2.45, 2.75) is 69.9 Å². The van der Waals surface area contributed by atoms with Gasteiger partial charge in [0.05, 0.1) is 27.1 Å². The summed E-state index contributed by atoms with van der Waals surface area (Å²) in [7, 11) is 0. The van der Waals surface area contributed by atoms with Crippen molar-refractivity contribution in [2.75, 3.05) is 0 Å². The number of carbonyl (C=O) groups is 3. The van der Waals surface area contributed by atoms with Gasteiger partial charge in [-0.05, 0) is 81.1 Å². The van der Waals surface area contributed by atoms with Crippen molar-refractivity contribution in [1.82, 2.24) is 5.32 Å². The number of rotatable bonds is 7. The standard InChI is InChI=1S/C27H28ClF3N2O4/c1-25(24(36)37)9-7-16(8-10-25)22(32)17-6-5-15(14-34)13-20(17)33-23(35)21-18(3-2-4-19(21)28)26(11-12-26)27(29,30)31/h2-4,7,14-15,32H,5-6,8-13H2,1H3,(H,33,35)(H,36,37). The maximum Gasteiger partial charge on any atom is 0.398 e. The Hall–Kier alpha value is -2.94. The molecular formula is C27H28ClF3N2O4. The van der Waals surface area contributed by atoms with Gasteiger partial charge in [0.15, 0.2) is 0 Å². The smallest absolute Gasteiger partial charge is 0.398 e. The number of halogens is 4. The molecule has 4 rings (SSSR count). The van der Waals surface area contributed by atoms with E-state index in [1.807, 2.05) is 0 Å². The van der Waals surface area contributed by atoms with Gasteiger partial charge in [-0.25, -0.2) is 0 Å². The van der Waals surface area contributed by atoms with E-state index in [1.54, 1.807) is 13.0 Å². The molecule has 10 heteroatoms. The van der Waals surface area contributed by atoms with Crippen LogP contribution >= 0.6 is 11.6 Å². The molecule has 1 amide bonds. The van der Waals surface area contributed by atoms with Gasteiger partial charge >= 0.3 is 12.1 Å². The minimum Gasteiger partial charge on any atom is -0.481 e. The molecule has 0 aromatic heterocycles.